The number of hydrogen-bond acceptors (Lipinski definition) is 8. The van der Waals surface area contributed by atoms with Gasteiger partial charge in [0, 0.05) is 61.5 Å². The molecule has 186 valence electrons. The second-order valence-corrected chi connectivity index (χ2v) is 9.00. The van der Waals surface area contributed by atoms with E-state index in [1.54, 1.807) is 24.5 Å². The molecule has 0 amide bonds. The molecular weight excluding hydrogens is 457 g/mol. The van der Waals surface area contributed by atoms with Crippen molar-refractivity contribution in [2.24, 2.45) is 0 Å². The molecule has 0 unspecified atom stereocenters. The van der Waals surface area contributed by atoms with E-state index in [0.29, 0.717) is 34.9 Å². The van der Waals surface area contributed by atoms with Crippen LogP contribution in [0.25, 0.3) is 22.0 Å². The van der Waals surface area contributed by atoms with Gasteiger partial charge in [0.1, 0.15) is 24.0 Å². The molecule has 0 bridgehead atoms. The van der Waals surface area contributed by atoms with Gasteiger partial charge in [-0.05, 0) is 38.4 Å². The summed E-state index contributed by atoms with van der Waals surface area (Å²) in [6, 6.07) is 14.6. The van der Waals surface area contributed by atoms with E-state index < -0.39 is 0 Å². The molecule has 5 rings (SSSR count). The minimum atomic E-state index is -0.356. The molecular formula is C27H30FN7O. The van der Waals surface area contributed by atoms with Gasteiger partial charge in [0.15, 0.2) is 0 Å². The fraction of sp³-hybridized carbons (Fsp3) is 0.296. The minimum Gasteiger partial charge on any atom is -0.492 e. The number of ether oxygens (including phenoxy) is 1. The van der Waals surface area contributed by atoms with E-state index in [4.69, 9.17) is 9.72 Å². The van der Waals surface area contributed by atoms with Crippen LogP contribution >= 0.6 is 0 Å². The molecule has 0 radical (unpaired) electrons. The van der Waals surface area contributed by atoms with Gasteiger partial charge in [-0.3, -0.25) is 0 Å². The second kappa shape index (κ2) is 10.8. The summed E-state index contributed by atoms with van der Waals surface area (Å²) in [7, 11) is 3.94. The average Bonchev–Trinajstić information content (AvgIpc) is 2.89. The van der Waals surface area contributed by atoms with Crippen molar-refractivity contribution in [3.8, 4) is 16.9 Å². The van der Waals surface area contributed by atoms with Crippen LogP contribution in [-0.2, 0) is 0 Å². The number of benzene rings is 2. The van der Waals surface area contributed by atoms with Gasteiger partial charge in [0.05, 0.1) is 17.4 Å². The quantitative estimate of drug-likeness (QED) is 0.387. The zero-order chi connectivity index (χ0) is 24.9. The molecule has 1 fully saturated rings. The molecule has 0 spiro atoms. The van der Waals surface area contributed by atoms with Gasteiger partial charge in [-0.25, -0.2) is 19.3 Å². The Kier molecular flexibility index (Phi) is 7.20. The Labute approximate surface area is 210 Å². The van der Waals surface area contributed by atoms with Gasteiger partial charge in [-0.15, -0.1) is 0 Å². The Morgan fingerprint density at radius 2 is 1.89 bits per heavy atom. The van der Waals surface area contributed by atoms with Gasteiger partial charge < -0.3 is 25.2 Å². The molecule has 1 aliphatic rings. The van der Waals surface area contributed by atoms with Crippen LogP contribution in [0.3, 0.4) is 0 Å². The number of para-hydroxylation sites is 1. The Morgan fingerprint density at radius 1 is 1.03 bits per heavy atom. The summed E-state index contributed by atoms with van der Waals surface area (Å²) in [6.45, 7) is 5.05. The van der Waals surface area contributed by atoms with Gasteiger partial charge in [-0.1, -0.05) is 18.2 Å². The van der Waals surface area contributed by atoms with E-state index in [1.807, 2.05) is 49.3 Å². The van der Waals surface area contributed by atoms with E-state index in [-0.39, 0.29) is 5.82 Å². The molecule has 1 saturated heterocycles. The van der Waals surface area contributed by atoms with E-state index in [1.165, 1.54) is 6.07 Å². The SMILES string of the molecule is CN(C)CCOc1ccc(-c2cccc3cnc(Nc4ccc(N5CCNCC5)nc4)nc23)c(F)c1. The van der Waals surface area contributed by atoms with Crippen molar-refractivity contribution < 1.29 is 9.13 Å². The third-order valence-electron chi connectivity index (χ3n) is 6.09. The highest BCUT2D eigenvalue weighted by Crippen LogP contribution is 2.32. The number of rotatable bonds is 8. The van der Waals surface area contributed by atoms with Crippen molar-refractivity contribution in [1.29, 1.82) is 0 Å². The van der Waals surface area contributed by atoms with E-state index >= 15 is 4.39 Å². The van der Waals surface area contributed by atoms with Crippen LogP contribution in [0.4, 0.5) is 21.8 Å². The first-order valence-electron chi connectivity index (χ1n) is 12.1. The predicted molar refractivity (Wildman–Crippen MR) is 142 cm³/mol. The zero-order valence-corrected chi connectivity index (χ0v) is 20.5. The van der Waals surface area contributed by atoms with Crippen molar-refractivity contribution in [2.75, 3.05) is 63.6 Å². The topological polar surface area (TPSA) is 78.4 Å². The molecule has 0 atom stereocenters. The van der Waals surface area contributed by atoms with Crippen molar-refractivity contribution in [1.82, 2.24) is 25.2 Å². The summed E-state index contributed by atoms with van der Waals surface area (Å²) in [5.74, 6) is 1.53. The van der Waals surface area contributed by atoms with Gasteiger partial charge in [0.25, 0.3) is 0 Å². The Balaban J connectivity index is 1.37. The summed E-state index contributed by atoms with van der Waals surface area (Å²) < 4.78 is 20.8. The normalized spacial score (nSPS) is 13.8. The zero-order valence-electron chi connectivity index (χ0n) is 20.5. The van der Waals surface area contributed by atoms with Gasteiger partial charge in [0.2, 0.25) is 5.95 Å². The lowest BCUT2D eigenvalue weighted by Gasteiger charge is -2.28. The maximum atomic E-state index is 15.1. The Morgan fingerprint density at radius 3 is 2.64 bits per heavy atom. The summed E-state index contributed by atoms with van der Waals surface area (Å²) in [6.07, 6.45) is 3.53. The fourth-order valence-electron chi connectivity index (χ4n) is 4.15. The number of hydrogen-bond donors (Lipinski definition) is 2. The monoisotopic (exact) mass is 487 g/mol. The number of nitrogens with one attached hydrogen (secondary N) is 2. The summed E-state index contributed by atoms with van der Waals surface area (Å²) in [4.78, 5) is 18.0. The molecule has 1 aliphatic heterocycles. The largest absolute Gasteiger partial charge is 0.492 e. The number of piperazine rings is 1. The molecule has 9 heteroatoms. The molecule has 2 N–H and O–H groups in total. The summed E-state index contributed by atoms with van der Waals surface area (Å²) >= 11 is 0. The first-order chi connectivity index (χ1) is 17.6. The van der Waals surface area contributed by atoms with Crippen LogP contribution in [0.1, 0.15) is 0 Å². The number of pyridine rings is 1. The Bertz CT molecular complexity index is 1320. The smallest absolute Gasteiger partial charge is 0.227 e. The maximum absolute atomic E-state index is 15.1. The van der Waals surface area contributed by atoms with Crippen LogP contribution in [0.2, 0.25) is 0 Å². The predicted octanol–water partition coefficient (Wildman–Crippen LogP) is 3.92. The second-order valence-electron chi connectivity index (χ2n) is 9.00. The molecule has 3 heterocycles. The fourth-order valence-corrected chi connectivity index (χ4v) is 4.15. The number of aromatic nitrogens is 3. The van der Waals surface area contributed by atoms with Crippen LogP contribution in [0, 0.1) is 5.82 Å². The average molecular weight is 488 g/mol. The third kappa shape index (κ3) is 5.53. The number of likely N-dealkylation sites (N-methyl/N-ethyl adjacent to an activating group) is 1. The minimum absolute atomic E-state index is 0.356. The van der Waals surface area contributed by atoms with Crippen LogP contribution in [0.5, 0.6) is 5.75 Å². The standard InChI is InChI=1S/C27H30FN7O/c1-34(2)14-15-36-21-7-8-22(24(28)16-21)23-5-3-4-19-17-31-27(33-26(19)23)32-20-6-9-25(30-18-20)35-12-10-29-11-13-35/h3-9,16-18,29H,10-15H2,1-2H3,(H,31,32,33). The first-order valence-corrected chi connectivity index (χ1v) is 12.1. The Hall–Kier alpha value is -3.82. The van der Waals surface area contributed by atoms with Crippen molar-refractivity contribution in [2.45, 2.75) is 0 Å². The summed E-state index contributed by atoms with van der Waals surface area (Å²) in [5.41, 5.74) is 2.62. The van der Waals surface area contributed by atoms with Gasteiger partial charge in [-0.2, -0.15) is 0 Å². The van der Waals surface area contributed by atoms with Crippen molar-refractivity contribution >= 4 is 28.4 Å². The highest BCUT2D eigenvalue weighted by molar-refractivity contribution is 5.94. The number of anilines is 3. The molecule has 4 aromatic rings. The highest BCUT2D eigenvalue weighted by Gasteiger charge is 2.14. The van der Waals surface area contributed by atoms with Crippen LogP contribution in [0.15, 0.2) is 60.9 Å². The molecule has 36 heavy (non-hydrogen) atoms. The molecule has 2 aromatic heterocycles. The molecule has 2 aromatic carbocycles. The summed E-state index contributed by atoms with van der Waals surface area (Å²) in [5, 5.41) is 7.40. The van der Waals surface area contributed by atoms with Crippen molar-refractivity contribution in [3.05, 3.63) is 66.7 Å². The lowest BCUT2D eigenvalue weighted by Crippen LogP contribution is -2.43. The molecule has 8 nitrogen and oxygen atoms in total. The molecule has 0 saturated carbocycles. The van der Waals surface area contributed by atoms with E-state index in [2.05, 4.69) is 25.5 Å². The van der Waals surface area contributed by atoms with Crippen LogP contribution in [-0.4, -0.2) is 73.3 Å². The van der Waals surface area contributed by atoms with Crippen LogP contribution < -0.4 is 20.3 Å². The number of fused-ring (bicyclic) bond motifs is 1. The highest BCUT2D eigenvalue weighted by atomic mass is 19.1. The molecule has 0 aliphatic carbocycles. The van der Waals surface area contributed by atoms with Gasteiger partial charge >= 0.3 is 0 Å². The lowest BCUT2D eigenvalue weighted by molar-refractivity contribution is 0.260. The number of nitrogens with zero attached hydrogens (tertiary/aromatic N) is 5. The third-order valence-corrected chi connectivity index (χ3v) is 6.09. The first kappa shape index (κ1) is 23.9. The maximum Gasteiger partial charge on any atom is 0.227 e. The lowest BCUT2D eigenvalue weighted by atomic mass is 10.0. The van der Waals surface area contributed by atoms with E-state index in [9.17, 15) is 0 Å². The number of halogens is 1. The van der Waals surface area contributed by atoms with Crippen molar-refractivity contribution in [3.63, 3.8) is 0 Å². The van der Waals surface area contributed by atoms with E-state index in [0.717, 1.165) is 49.6 Å².